The molecule has 0 unspecified atom stereocenters. The summed E-state index contributed by atoms with van der Waals surface area (Å²) in [5.74, 6) is -0.700. The number of hydrogen-bond acceptors (Lipinski definition) is 3. The lowest BCUT2D eigenvalue weighted by Gasteiger charge is -2.22. The highest BCUT2D eigenvalue weighted by Crippen LogP contribution is 2.19. The molecule has 0 rings (SSSR count). The standard InChI is InChI=1S/C10H21NO2S/c1-10(2,14-3)8-11-7-5-4-6-9(12)13/h11H,4-8H2,1-3H3,(H,12,13). The number of unbranched alkanes of at least 4 members (excludes halogenated alkanes) is 1. The summed E-state index contributed by atoms with van der Waals surface area (Å²) in [6.45, 7) is 6.28. The van der Waals surface area contributed by atoms with Crippen molar-refractivity contribution in [1.82, 2.24) is 5.32 Å². The molecule has 0 aliphatic heterocycles. The van der Waals surface area contributed by atoms with E-state index in [-0.39, 0.29) is 11.2 Å². The third-order valence-corrected chi connectivity index (χ3v) is 3.35. The SMILES string of the molecule is CSC(C)(C)CNCCCCC(=O)O. The van der Waals surface area contributed by atoms with E-state index in [9.17, 15) is 4.79 Å². The van der Waals surface area contributed by atoms with Crippen molar-refractivity contribution in [3.8, 4) is 0 Å². The highest BCUT2D eigenvalue weighted by atomic mass is 32.2. The zero-order valence-corrected chi connectivity index (χ0v) is 10.1. The maximum atomic E-state index is 10.2. The first-order chi connectivity index (χ1) is 6.48. The van der Waals surface area contributed by atoms with E-state index in [1.165, 1.54) is 0 Å². The molecule has 4 heteroatoms. The molecule has 0 aromatic rings. The highest BCUT2D eigenvalue weighted by Gasteiger charge is 2.14. The quantitative estimate of drug-likeness (QED) is 0.613. The molecule has 0 aliphatic carbocycles. The van der Waals surface area contributed by atoms with Gasteiger partial charge in [0.25, 0.3) is 0 Å². The summed E-state index contributed by atoms with van der Waals surface area (Å²) < 4.78 is 0.271. The van der Waals surface area contributed by atoms with Gasteiger partial charge in [-0.05, 0) is 39.5 Å². The predicted octanol–water partition coefficient (Wildman–Crippen LogP) is 1.97. The van der Waals surface area contributed by atoms with E-state index in [1.807, 2.05) is 11.8 Å². The molecule has 0 aliphatic rings. The summed E-state index contributed by atoms with van der Waals surface area (Å²) in [7, 11) is 0. The minimum Gasteiger partial charge on any atom is -0.481 e. The first-order valence-corrected chi connectivity index (χ1v) is 6.18. The van der Waals surface area contributed by atoms with Crippen molar-refractivity contribution in [3.05, 3.63) is 0 Å². The first-order valence-electron chi connectivity index (χ1n) is 4.95. The zero-order chi connectivity index (χ0) is 11.0. The smallest absolute Gasteiger partial charge is 0.303 e. The summed E-state index contributed by atoms with van der Waals surface area (Å²) in [4.78, 5) is 10.2. The second-order valence-corrected chi connectivity index (χ2v) is 5.50. The second kappa shape index (κ2) is 7.12. The third-order valence-electron chi connectivity index (χ3n) is 2.10. The Morgan fingerprint density at radius 2 is 2.07 bits per heavy atom. The first kappa shape index (κ1) is 13.8. The molecule has 0 saturated heterocycles. The van der Waals surface area contributed by atoms with E-state index < -0.39 is 5.97 Å². The molecule has 0 amide bonds. The van der Waals surface area contributed by atoms with E-state index in [4.69, 9.17) is 5.11 Å². The van der Waals surface area contributed by atoms with Crippen LogP contribution in [0.2, 0.25) is 0 Å². The van der Waals surface area contributed by atoms with Crippen molar-refractivity contribution in [3.63, 3.8) is 0 Å². The van der Waals surface area contributed by atoms with E-state index in [0.29, 0.717) is 0 Å². The van der Waals surface area contributed by atoms with Crippen LogP contribution in [0.3, 0.4) is 0 Å². The largest absolute Gasteiger partial charge is 0.481 e. The molecule has 0 spiro atoms. The molecule has 0 aromatic carbocycles. The van der Waals surface area contributed by atoms with Gasteiger partial charge in [0.1, 0.15) is 0 Å². The lowest BCUT2D eigenvalue weighted by atomic mass is 10.2. The van der Waals surface area contributed by atoms with Crippen LogP contribution in [-0.2, 0) is 4.79 Å². The minimum absolute atomic E-state index is 0.271. The Morgan fingerprint density at radius 1 is 1.43 bits per heavy atom. The maximum Gasteiger partial charge on any atom is 0.303 e. The molecule has 0 atom stereocenters. The number of thioether (sulfide) groups is 1. The van der Waals surface area contributed by atoms with Gasteiger partial charge in [0.2, 0.25) is 0 Å². The Morgan fingerprint density at radius 3 is 2.57 bits per heavy atom. The van der Waals surface area contributed by atoms with Gasteiger partial charge in [0.05, 0.1) is 0 Å². The fourth-order valence-electron chi connectivity index (χ4n) is 0.988. The molecule has 3 nitrogen and oxygen atoms in total. The zero-order valence-electron chi connectivity index (χ0n) is 9.30. The van der Waals surface area contributed by atoms with Crippen LogP contribution in [0.25, 0.3) is 0 Å². The highest BCUT2D eigenvalue weighted by molar-refractivity contribution is 7.99. The number of carbonyl (C=O) groups is 1. The number of carboxylic acids is 1. The number of carboxylic acid groups (broad SMARTS) is 1. The van der Waals surface area contributed by atoms with Crippen molar-refractivity contribution < 1.29 is 9.90 Å². The van der Waals surface area contributed by atoms with Gasteiger partial charge >= 0.3 is 5.97 Å². The van der Waals surface area contributed by atoms with Gasteiger partial charge in [0, 0.05) is 17.7 Å². The Kier molecular flexibility index (Phi) is 7.01. The van der Waals surface area contributed by atoms with Gasteiger partial charge in [-0.1, -0.05) is 0 Å². The Bertz CT molecular complexity index is 172. The van der Waals surface area contributed by atoms with Crippen LogP contribution in [0, 0.1) is 0 Å². The van der Waals surface area contributed by atoms with Crippen LogP contribution in [0.15, 0.2) is 0 Å². The van der Waals surface area contributed by atoms with E-state index >= 15 is 0 Å². The summed E-state index contributed by atoms with van der Waals surface area (Å²) in [5.41, 5.74) is 0. The van der Waals surface area contributed by atoms with Crippen LogP contribution in [0.5, 0.6) is 0 Å². The lowest BCUT2D eigenvalue weighted by molar-refractivity contribution is -0.137. The van der Waals surface area contributed by atoms with Gasteiger partial charge in [-0.3, -0.25) is 4.79 Å². The molecule has 0 fully saturated rings. The summed E-state index contributed by atoms with van der Waals surface area (Å²) >= 11 is 1.84. The van der Waals surface area contributed by atoms with Crippen LogP contribution >= 0.6 is 11.8 Å². The molecular weight excluding hydrogens is 198 g/mol. The number of rotatable bonds is 8. The van der Waals surface area contributed by atoms with Crippen LogP contribution < -0.4 is 5.32 Å². The Labute approximate surface area is 90.7 Å². The normalized spacial score (nSPS) is 11.6. The van der Waals surface area contributed by atoms with Crippen LogP contribution in [0.4, 0.5) is 0 Å². The van der Waals surface area contributed by atoms with Crippen LogP contribution in [0.1, 0.15) is 33.1 Å². The molecule has 0 bridgehead atoms. The minimum atomic E-state index is -0.700. The monoisotopic (exact) mass is 219 g/mol. The van der Waals surface area contributed by atoms with Gasteiger partial charge in [-0.25, -0.2) is 0 Å². The number of hydrogen-bond donors (Lipinski definition) is 2. The molecule has 14 heavy (non-hydrogen) atoms. The van der Waals surface area contributed by atoms with E-state index in [1.54, 1.807) is 0 Å². The van der Waals surface area contributed by atoms with Gasteiger partial charge in [-0.15, -0.1) is 0 Å². The third kappa shape index (κ3) is 8.38. The summed E-state index contributed by atoms with van der Waals surface area (Å²) in [5, 5.41) is 11.8. The average Bonchev–Trinajstić information content (AvgIpc) is 2.10. The number of aliphatic carboxylic acids is 1. The Balaban J connectivity index is 3.25. The molecule has 0 heterocycles. The van der Waals surface area contributed by atoms with Crippen molar-refractivity contribution in [1.29, 1.82) is 0 Å². The molecule has 0 saturated carbocycles. The van der Waals surface area contributed by atoms with E-state index in [0.717, 1.165) is 25.9 Å². The van der Waals surface area contributed by atoms with E-state index in [2.05, 4.69) is 25.4 Å². The molecule has 0 radical (unpaired) electrons. The molecule has 84 valence electrons. The molecule has 2 N–H and O–H groups in total. The average molecular weight is 219 g/mol. The predicted molar refractivity (Wildman–Crippen MR) is 62.0 cm³/mol. The van der Waals surface area contributed by atoms with Gasteiger partial charge in [-0.2, -0.15) is 11.8 Å². The molecule has 0 aromatic heterocycles. The maximum absolute atomic E-state index is 10.2. The van der Waals surface area contributed by atoms with Gasteiger partial charge in [0.15, 0.2) is 0 Å². The fraction of sp³-hybridized carbons (Fsp3) is 0.900. The molecular formula is C10H21NO2S. The summed E-state index contributed by atoms with van der Waals surface area (Å²) in [6.07, 6.45) is 4.10. The van der Waals surface area contributed by atoms with Crippen molar-refractivity contribution in [2.75, 3.05) is 19.3 Å². The van der Waals surface area contributed by atoms with Crippen molar-refractivity contribution >= 4 is 17.7 Å². The Hall–Kier alpha value is -0.220. The summed E-state index contributed by atoms with van der Waals surface area (Å²) in [6, 6.07) is 0. The lowest BCUT2D eigenvalue weighted by Crippen LogP contribution is -2.32. The fourth-order valence-corrected chi connectivity index (χ4v) is 1.23. The number of nitrogens with one attached hydrogen (secondary N) is 1. The van der Waals surface area contributed by atoms with Crippen LogP contribution in [-0.4, -0.2) is 35.2 Å². The van der Waals surface area contributed by atoms with Crippen molar-refractivity contribution in [2.24, 2.45) is 0 Å². The van der Waals surface area contributed by atoms with Crippen molar-refractivity contribution in [2.45, 2.75) is 37.9 Å². The van der Waals surface area contributed by atoms with Gasteiger partial charge < -0.3 is 10.4 Å². The topological polar surface area (TPSA) is 49.3 Å². The second-order valence-electron chi connectivity index (χ2n) is 3.99.